The van der Waals surface area contributed by atoms with Crippen LogP contribution in [0.5, 0.6) is 0 Å². The van der Waals surface area contributed by atoms with Crippen LogP contribution in [0.25, 0.3) is 0 Å². The number of hydrogen-bond donors (Lipinski definition) is 1. The van der Waals surface area contributed by atoms with Gasteiger partial charge in [-0.3, -0.25) is 9.69 Å². The molecule has 146 valence electrons. The fourth-order valence-corrected chi connectivity index (χ4v) is 6.49. The monoisotopic (exact) mass is 368 g/mol. The summed E-state index contributed by atoms with van der Waals surface area (Å²) < 4.78 is 0. The second-order valence-electron chi connectivity index (χ2n) is 9.33. The number of amides is 1. The van der Waals surface area contributed by atoms with Gasteiger partial charge in [0.15, 0.2) is 0 Å². The third-order valence-corrected chi connectivity index (χ3v) is 7.48. The smallest absolute Gasteiger partial charge is 0.234 e. The van der Waals surface area contributed by atoms with Gasteiger partial charge in [-0.1, -0.05) is 6.07 Å². The predicted octanol–water partition coefficient (Wildman–Crippen LogP) is 2.53. The van der Waals surface area contributed by atoms with E-state index < -0.39 is 0 Å². The number of rotatable bonds is 4. The third-order valence-electron chi connectivity index (χ3n) is 7.48. The minimum absolute atomic E-state index is 0.249. The summed E-state index contributed by atoms with van der Waals surface area (Å²) in [4.78, 5) is 21.9. The SMILES string of the molecule is O=C(CN1CCCN(c2ccccn2)CC1)NC1C2CC3CC(C2)CC1C3. The van der Waals surface area contributed by atoms with Crippen LogP contribution in [0, 0.1) is 23.7 Å². The van der Waals surface area contributed by atoms with Gasteiger partial charge in [-0.15, -0.1) is 0 Å². The summed E-state index contributed by atoms with van der Waals surface area (Å²) in [6.07, 6.45) is 9.86. The number of anilines is 1. The molecule has 0 atom stereocenters. The lowest BCUT2D eigenvalue weighted by Gasteiger charge is -2.54. The average Bonchev–Trinajstić information content (AvgIpc) is 2.90. The molecule has 5 heteroatoms. The normalized spacial score (nSPS) is 35.9. The quantitative estimate of drug-likeness (QED) is 0.887. The zero-order valence-electron chi connectivity index (χ0n) is 16.2. The molecule has 1 N–H and O–H groups in total. The first kappa shape index (κ1) is 17.5. The Hall–Kier alpha value is -1.62. The van der Waals surface area contributed by atoms with E-state index in [0.717, 1.165) is 62.1 Å². The Morgan fingerprint density at radius 2 is 1.78 bits per heavy atom. The van der Waals surface area contributed by atoms with Crippen LogP contribution >= 0.6 is 0 Å². The van der Waals surface area contributed by atoms with Crippen molar-refractivity contribution >= 4 is 11.7 Å². The Kier molecular flexibility index (Phi) is 4.80. The molecule has 4 saturated carbocycles. The highest BCUT2D eigenvalue weighted by Gasteiger charge is 2.48. The number of nitrogens with one attached hydrogen (secondary N) is 1. The van der Waals surface area contributed by atoms with Gasteiger partial charge in [-0.25, -0.2) is 4.98 Å². The zero-order chi connectivity index (χ0) is 18.2. The van der Waals surface area contributed by atoms with Crippen molar-refractivity contribution in [2.24, 2.45) is 23.7 Å². The van der Waals surface area contributed by atoms with Crippen LogP contribution in [-0.2, 0) is 4.79 Å². The number of carbonyl (C=O) groups excluding carboxylic acids is 1. The fraction of sp³-hybridized carbons (Fsp3) is 0.727. The van der Waals surface area contributed by atoms with Crippen molar-refractivity contribution in [2.75, 3.05) is 37.6 Å². The third kappa shape index (κ3) is 3.71. The molecule has 0 radical (unpaired) electrons. The van der Waals surface area contributed by atoms with Gasteiger partial charge < -0.3 is 10.2 Å². The van der Waals surface area contributed by atoms with E-state index in [4.69, 9.17) is 0 Å². The molecule has 1 amide bonds. The minimum atomic E-state index is 0.249. The maximum Gasteiger partial charge on any atom is 0.234 e. The standard InChI is InChI=1S/C22H32N4O/c27-21(24-22-18-11-16-10-17(13-18)14-19(22)12-16)15-25-6-3-7-26(9-8-25)20-4-1-2-5-23-20/h1-2,4-5,16-19,22H,3,6-15H2,(H,24,27). The van der Waals surface area contributed by atoms with Gasteiger partial charge in [-0.05, 0) is 74.3 Å². The summed E-state index contributed by atoms with van der Waals surface area (Å²) in [6, 6.07) is 6.54. The summed E-state index contributed by atoms with van der Waals surface area (Å²) in [6.45, 7) is 4.45. The van der Waals surface area contributed by atoms with E-state index in [-0.39, 0.29) is 5.91 Å². The molecule has 0 aromatic carbocycles. The molecule has 1 aromatic rings. The first-order valence-corrected chi connectivity index (χ1v) is 10.9. The highest BCUT2D eigenvalue weighted by atomic mass is 16.2. The summed E-state index contributed by atoms with van der Waals surface area (Å²) in [5, 5.41) is 3.47. The van der Waals surface area contributed by atoms with Crippen LogP contribution in [0.4, 0.5) is 5.82 Å². The van der Waals surface area contributed by atoms with Gasteiger partial charge in [0.2, 0.25) is 5.91 Å². The van der Waals surface area contributed by atoms with E-state index in [1.807, 2.05) is 18.3 Å². The van der Waals surface area contributed by atoms with Crippen LogP contribution < -0.4 is 10.2 Å². The summed E-state index contributed by atoms with van der Waals surface area (Å²) in [5.74, 6) is 4.74. The lowest BCUT2D eigenvalue weighted by Crippen LogP contribution is -2.57. The second kappa shape index (κ2) is 7.42. The van der Waals surface area contributed by atoms with Crippen LogP contribution in [0.2, 0.25) is 0 Å². The van der Waals surface area contributed by atoms with Crippen molar-refractivity contribution in [3.8, 4) is 0 Å². The first-order valence-electron chi connectivity index (χ1n) is 10.9. The number of pyridine rings is 1. The highest BCUT2D eigenvalue weighted by molar-refractivity contribution is 5.78. The Balaban J connectivity index is 1.14. The molecule has 2 heterocycles. The highest BCUT2D eigenvalue weighted by Crippen LogP contribution is 2.53. The second-order valence-corrected chi connectivity index (χ2v) is 9.33. The van der Waals surface area contributed by atoms with Gasteiger partial charge in [0.1, 0.15) is 5.82 Å². The molecule has 4 bridgehead atoms. The molecular formula is C22H32N4O. The van der Waals surface area contributed by atoms with Crippen molar-refractivity contribution in [3.05, 3.63) is 24.4 Å². The van der Waals surface area contributed by atoms with Crippen LogP contribution in [0.3, 0.4) is 0 Å². The molecule has 5 nitrogen and oxygen atoms in total. The molecule has 0 unspecified atom stereocenters. The molecule has 4 aliphatic carbocycles. The molecule has 27 heavy (non-hydrogen) atoms. The Morgan fingerprint density at radius 1 is 1.00 bits per heavy atom. The zero-order valence-corrected chi connectivity index (χ0v) is 16.2. The summed E-state index contributed by atoms with van der Waals surface area (Å²) >= 11 is 0. The molecule has 1 aliphatic heterocycles. The lowest BCUT2D eigenvalue weighted by molar-refractivity contribution is -0.126. The number of carbonyl (C=O) groups is 1. The maximum absolute atomic E-state index is 12.8. The van der Waals surface area contributed by atoms with E-state index in [1.165, 1.54) is 32.1 Å². The summed E-state index contributed by atoms with van der Waals surface area (Å²) in [7, 11) is 0. The Labute approximate surface area is 162 Å². The van der Waals surface area contributed by atoms with E-state index in [0.29, 0.717) is 12.6 Å². The molecule has 0 spiro atoms. The molecule has 5 fully saturated rings. The van der Waals surface area contributed by atoms with Crippen molar-refractivity contribution in [3.63, 3.8) is 0 Å². The summed E-state index contributed by atoms with van der Waals surface area (Å²) in [5.41, 5.74) is 0. The van der Waals surface area contributed by atoms with Gasteiger partial charge in [-0.2, -0.15) is 0 Å². The minimum Gasteiger partial charge on any atom is -0.355 e. The van der Waals surface area contributed by atoms with E-state index in [1.54, 1.807) is 0 Å². The van der Waals surface area contributed by atoms with Crippen LogP contribution in [0.1, 0.15) is 38.5 Å². The fourth-order valence-electron chi connectivity index (χ4n) is 6.49. The van der Waals surface area contributed by atoms with Gasteiger partial charge in [0.25, 0.3) is 0 Å². The van der Waals surface area contributed by atoms with E-state index in [9.17, 15) is 4.79 Å². The number of hydrogen-bond acceptors (Lipinski definition) is 4. The van der Waals surface area contributed by atoms with Gasteiger partial charge in [0.05, 0.1) is 6.54 Å². The van der Waals surface area contributed by atoms with Crippen molar-refractivity contribution in [1.82, 2.24) is 15.2 Å². The van der Waals surface area contributed by atoms with E-state index in [2.05, 4.69) is 26.2 Å². The predicted molar refractivity (Wildman–Crippen MR) is 106 cm³/mol. The van der Waals surface area contributed by atoms with Crippen LogP contribution in [-0.4, -0.2) is 54.6 Å². The van der Waals surface area contributed by atoms with Crippen LogP contribution in [0.15, 0.2) is 24.4 Å². The van der Waals surface area contributed by atoms with Gasteiger partial charge >= 0.3 is 0 Å². The van der Waals surface area contributed by atoms with Crippen molar-refractivity contribution < 1.29 is 4.79 Å². The lowest BCUT2D eigenvalue weighted by atomic mass is 9.54. The van der Waals surface area contributed by atoms with Gasteiger partial charge in [0, 0.05) is 38.4 Å². The maximum atomic E-state index is 12.8. The average molecular weight is 369 g/mol. The molecule has 1 saturated heterocycles. The topological polar surface area (TPSA) is 48.5 Å². The Morgan fingerprint density at radius 3 is 2.48 bits per heavy atom. The van der Waals surface area contributed by atoms with E-state index >= 15 is 0 Å². The van der Waals surface area contributed by atoms with Crippen molar-refractivity contribution in [1.29, 1.82) is 0 Å². The number of nitrogens with zero attached hydrogens (tertiary/aromatic N) is 3. The number of aromatic nitrogens is 1. The Bertz CT molecular complexity index is 636. The molecule has 1 aromatic heterocycles. The molecule has 5 aliphatic rings. The molecular weight excluding hydrogens is 336 g/mol. The molecule has 6 rings (SSSR count). The largest absolute Gasteiger partial charge is 0.355 e. The first-order chi connectivity index (χ1) is 13.2. The van der Waals surface area contributed by atoms with Crippen molar-refractivity contribution in [2.45, 2.75) is 44.6 Å².